The molecule has 0 saturated heterocycles. The first-order chi connectivity index (χ1) is 11.3. The summed E-state index contributed by atoms with van der Waals surface area (Å²) in [6.07, 6.45) is 0.688. The molecule has 0 heterocycles. The minimum atomic E-state index is -0.736. The van der Waals surface area contributed by atoms with Crippen molar-refractivity contribution in [3.05, 3.63) is 26.2 Å². The van der Waals surface area contributed by atoms with Gasteiger partial charge >= 0.3 is 5.97 Å². The van der Waals surface area contributed by atoms with E-state index in [4.69, 9.17) is 44.8 Å². The molecule has 2 atom stereocenters. The fraction of sp³-hybridized carbons (Fsp3) is 0.438. The van der Waals surface area contributed by atoms with Crippen molar-refractivity contribution in [2.75, 3.05) is 11.9 Å². The standard InChI is InChI=1S/C16H16Cl3N3O2/c1-4-8(3)14(16(23)24-5-2)22-15-10(7-21)11(17)9(6-20)12(18)13(15)19/h8,14,22H,4-5H2,1-3H3/t8-,14-/m1/s1. The molecule has 0 bridgehead atoms. The van der Waals surface area contributed by atoms with Crippen LogP contribution in [0.5, 0.6) is 0 Å². The number of carbonyl (C=O) groups excluding carboxylic acids is 1. The van der Waals surface area contributed by atoms with Crippen LogP contribution in [0.1, 0.15) is 38.3 Å². The van der Waals surface area contributed by atoms with Gasteiger partial charge in [-0.15, -0.1) is 0 Å². The van der Waals surface area contributed by atoms with E-state index < -0.39 is 12.0 Å². The summed E-state index contributed by atoms with van der Waals surface area (Å²) in [6, 6.07) is 2.98. The zero-order valence-electron chi connectivity index (χ0n) is 13.4. The summed E-state index contributed by atoms with van der Waals surface area (Å²) in [5.74, 6) is -0.566. The second kappa shape index (κ2) is 8.99. The summed E-state index contributed by atoms with van der Waals surface area (Å²) < 4.78 is 5.07. The van der Waals surface area contributed by atoms with Gasteiger partial charge in [0.05, 0.1) is 38.5 Å². The predicted octanol–water partition coefficient (Wildman–Crippen LogP) is 4.78. The van der Waals surface area contributed by atoms with E-state index in [9.17, 15) is 10.1 Å². The second-order valence-electron chi connectivity index (χ2n) is 5.05. The fourth-order valence-corrected chi connectivity index (χ4v) is 2.85. The number of halogens is 3. The van der Waals surface area contributed by atoms with Crippen molar-refractivity contribution < 1.29 is 9.53 Å². The second-order valence-corrected chi connectivity index (χ2v) is 6.18. The number of nitrogens with one attached hydrogen (secondary N) is 1. The number of hydrogen-bond acceptors (Lipinski definition) is 5. The van der Waals surface area contributed by atoms with Crippen molar-refractivity contribution >= 4 is 46.5 Å². The van der Waals surface area contributed by atoms with Crippen LogP contribution in [-0.4, -0.2) is 18.6 Å². The Kier molecular flexibility index (Phi) is 7.63. The van der Waals surface area contributed by atoms with Crippen molar-refractivity contribution in [1.29, 1.82) is 10.5 Å². The first kappa shape index (κ1) is 20.4. The molecular formula is C16H16Cl3N3O2. The number of ether oxygens (including phenoxy) is 1. The van der Waals surface area contributed by atoms with E-state index in [2.05, 4.69) is 5.32 Å². The lowest BCUT2D eigenvalue weighted by Crippen LogP contribution is -2.37. The Morgan fingerprint density at radius 3 is 2.17 bits per heavy atom. The van der Waals surface area contributed by atoms with Gasteiger partial charge in [-0.05, 0) is 12.8 Å². The van der Waals surface area contributed by atoms with Gasteiger partial charge in [0.2, 0.25) is 0 Å². The van der Waals surface area contributed by atoms with Gasteiger partial charge < -0.3 is 10.1 Å². The van der Waals surface area contributed by atoms with Gasteiger partial charge in [-0.2, -0.15) is 10.5 Å². The minimum Gasteiger partial charge on any atom is -0.464 e. The van der Waals surface area contributed by atoms with E-state index in [1.165, 1.54) is 0 Å². The minimum absolute atomic E-state index is 0.0354. The molecule has 1 aromatic carbocycles. The topological polar surface area (TPSA) is 85.9 Å². The smallest absolute Gasteiger partial charge is 0.328 e. The Morgan fingerprint density at radius 2 is 1.71 bits per heavy atom. The van der Waals surface area contributed by atoms with E-state index in [1.54, 1.807) is 6.92 Å². The lowest BCUT2D eigenvalue weighted by Gasteiger charge is -2.25. The molecule has 1 rings (SSSR count). The largest absolute Gasteiger partial charge is 0.464 e. The summed E-state index contributed by atoms with van der Waals surface area (Å²) in [5, 5.41) is 21.2. The highest BCUT2D eigenvalue weighted by Crippen LogP contribution is 2.41. The lowest BCUT2D eigenvalue weighted by molar-refractivity contribution is -0.145. The third-order valence-corrected chi connectivity index (χ3v) is 4.83. The molecule has 0 spiro atoms. The van der Waals surface area contributed by atoms with Gasteiger partial charge in [0.1, 0.15) is 18.2 Å². The summed E-state index contributed by atoms with van der Waals surface area (Å²) in [7, 11) is 0. The number of benzene rings is 1. The maximum atomic E-state index is 12.2. The SMILES string of the molecule is CCOC(=O)[C@H](Nc1c(Cl)c(Cl)c(C#N)c(Cl)c1C#N)[C@H](C)CC. The molecule has 0 aliphatic heterocycles. The molecule has 0 unspecified atom stereocenters. The molecule has 0 aliphatic rings. The quantitative estimate of drug-likeness (QED) is 0.560. The number of anilines is 1. The maximum absolute atomic E-state index is 12.2. The zero-order chi connectivity index (χ0) is 18.4. The summed E-state index contributed by atoms with van der Waals surface area (Å²) in [4.78, 5) is 12.2. The normalized spacial score (nSPS) is 12.7. The number of esters is 1. The Bertz CT molecular complexity index is 723. The van der Waals surface area contributed by atoms with Gasteiger partial charge in [-0.1, -0.05) is 55.1 Å². The van der Waals surface area contributed by atoms with Crippen LogP contribution in [0.15, 0.2) is 0 Å². The highest BCUT2D eigenvalue weighted by Gasteiger charge is 2.29. The number of hydrogen-bond donors (Lipinski definition) is 1. The summed E-state index contributed by atoms with van der Waals surface area (Å²) in [6.45, 7) is 5.71. The Balaban J connectivity index is 3.47. The van der Waals surface area contributed by atoms with Crippen molar-refractivity contribution in [2.24, 2.45) is 5.92 Å². The molecule has 0 radical (unpaired) electrons. The molecule has 0 aliphatic carbocycles. The molecule has 0 saturated carbocycles. The number of nitriles is 2. The van der Waals surface area contributed by atoms with E-state index in [1.807, 2.05) is 26.0 Å². The van der Waals surface area contributed by atoms with Crippen LogP contribution in [0, 0.1) is 28.6 Å². The van der Waals surface area contributed by atoms with E-state index >= 15 is 0 Å². The fourth-order valence-electron chi connectivity index (χ4n) is 2.06. The lowest BCUT2D eigenvalue weighted by atomic mass is 9.98. The Hall–Kier alpha value is -1.66. The zero-order valence-corrected chi connectivity index (χ0v) is 15.7. The highest BCUT2D eigenvalue weighted by molar-refractivity contribution is 6.46. The van der Waals surface area contributed by atoms with E-state index in [0.717, 1.165) is 0 Å². The van der Waals surface area contributed by atoms with Gasteiger partial charge in [0, 0.05) is 0 Å². The van der Waals surface area contributed by atoms with Gasteiger partial charge in [-0.3, -0.25) is 0 Å². The molecule has 5 nitrogen and oxygen atoms in total. The maximum Gasteiger partial charge on any atom is 0.328 e. The monoisotopic (exact) mass is 387 g/mol. The molecule has 128 valence electrons. The van der Waals surface area contributed by atoms with Crippen molar-refractivity contribution in [3.63, 3.8) is 0 Å². The number of carbonyl (C=O) groups is 1. The molecule has 0 fully saturated rings. The summed E-state index contributed by atoms with van der Waals surface area (Å²) >= 11 is 18.4. The van der Waals surface area contributed by atoms with Crippen molar-refractivity contribution in [1.82, 2.24) is 0 Å². The van der Waals surface area contributed by atoms with E-state index in [0.29, 0.717) is 6.42 Å². The number of rotatable bonds is 6. The Morgan fingerprint density at radius 1 is 1.12 bits per heavy atom. The third kappa shape index (κ3) is 4.05. The molecular weight excluding hydrogens is 373 g/mol. The third-order valence-electron chi connectivity index (χ3n) is 3.60. The summed E-state index contributed by atoms with van der Waals surface area (Å²) in [5.41, 5.74) is -0.00611. The molecule has 1 aromatic rings. The molecule has 0 amide bonds. The van der Waals surface area contributed by atoms with Gasteiger partial charge in [-0.25, -0.2) is 4.79 Å². The van der Waals surface area contributed by atoms with Crippen LogP contribution in [0.25, 0.3) is 0 Å². The highest BCUT2D eigenvalue weighted by atomic mass is 35.5. The first-order valence-electron chi connectivity index (χ1n) is 7.27. The first-order valence-corrected chi connectivity index (χ1v) is 8.41. The van der Waals surface area contributed by atoms with E-state index in [-0.39, 0.29) is 44.4 Å². The average molecular weight is 389 g/mol. The van der Waals surface area contributed by atoms with Crippen LogP contribution in [0.4, 0.5) is 5.69 Å². The van der Waals surface area contributed by atoms with Gasteiger partial charge in [0.25, 0.3) is 0 Å². The molecule has 0 aromatic heterocycles. The van der Waals surface area contributed by atoms with Crippen LogP contribution in [-0.2, 0) is 9.53 Å². The average Bonchev–Trinajstić information content (AvgIpc) is 2.56. The molecule has 8 heteroatoms. The molecule has 24 heavy (non-hydrogen) atoms. The van der Waals surface area contributed by atoms with Crippen molar-refractivity contribution in [3.8, 4) is 12.1 Å². The van der Waals surface area contributed by atoms with Crippen LogP contribution in [0.3, 0.4) is 0 Å². The van der Waals surface area contributed by atoms with Crippen LogP contribution in [0.2, 0.25) is 15.1 Å². The van der Waals surface area contributed by atoms with Gasteiger partial charge in [0.15, 0.2) is 0 Å². The molecule has 1 N–H and O–H groups in total. The van der Waals surface area contributed by atoms with Crippen LogP contribution < -0.4 is 5.32 Å². The van der Waals surface area contributed by atoms with Crippen LogP contribution >= 0.6 is 34.8 Å². The predicted molar refractivity (Wildman–Crippen MR) is 94.4 cm³/mol. The number of nitrogens with zero attached hydrogens (tertiary/aromatic N) is 2. The Labute approximate surface area is 156 Å². The van der Waals surface area contributed by atoms with Crippen molar-refractivity contribution in [2.45, 2.75) is 33.2 Å².